The van der Waals surface area contributed by atoms with Gasteiger partial charge in [0.1, 0.15) is 12.5 Å². The minimum atomic E-state index is -0.161. The molecule has 8 nitrogen and oxygen atoms in total. The van der Waals surface area contributed by atoms with Crippen LogP contribution in [0.4, 0.5) is 11.8 Å². The number of fused-ring (bicyclic) bond motifs is 1. The molecule has 2 aromatic heterocycles. The Morgan fingerprint density at radius 2 is 1.96 bits per heavy atom. The fraction of sp³-hybridized carbons (Fsp3) is 0.450. The number of imidazole rings is 1. The number of aromatic nitrogens is 4. The Balaban J connectivity index is 2.01. The monoisotopic (exact) mass is 384 g/mol. The van der Waals surface area contributed by atoms with Gasteiger partial charge in [-0.15, -0.1) is 0 Å². The number of phenolic OH excluding ortho intramolecular Hbond substituents is 1. The van der Waals surface area contributed by atoms with E-state index in [9.17, 15) is 10.2 Å². The third-order valence-corrected chi connectivity index (χ3v) is 4.38. The topological polar surface area (TPSA) is 99.3 Å². The Kier molecular flexibility index (Phi) is 5.99. The number of nitrogens with zero attached hydrogens (tertiary/aromatic N) is 5. The summed E-state index contributed by atoms with van der Waals surface area (Å²) in [6.07, 6.45) is 1.76. The standard InChI is InChI=1S/C20H28N6O2/c1-13(2)10-25(12-27)20-23-18(21-9-15-6-5-7-16(28)8-15)17-19(24-20)26(11-22-17)14(3)4/h5-8,11,13-14,27-28H,9-10,12H2,1-4H3,(H,21,23,24). The summed E-state index contributed by atoms with van der Waals surface area (Å²) in [4.78, 5) is 15.6. The molecule has 28 heavy (non-hydrogen) atoms. The lowest BCUT2D eigenvalue weighted by atomic mass is 10.2. The van der Waals surface area contributed by atoms with Crippen molar-refractivity contribution in [1.82, 2.24) is 19.5 Å². The maximum atomic E-state index is 9.83. The molecule has 3 N–H and O–H groups in total. The van der Waals surface area contributed by atoms with E-state index in [0.717, 1.165) is 11.2 Å². The van der Waals surface area contributed by atoms with Gasteiger partial charge in [0, 0.05) is 19.1 Å². The number of aliphatic hydroxyl groups excluding tert-OH is 1. The van der Waals surface area contributed by atoms with Gasteiger partial charge in [-0.1, -0.05) is 26.0 Å². The fourth-order valence-electron chi connectivity index (χ4n) is 3.04. The molecular weight excluding hydrogens is 356 g/mol. The molecule has 0 saturated carbocycles. The third-order valence-electron chi connectivity index (χ3n) is 4.38. The summed E-state index contributed by atoms with van der Waals surface area (Å²) >= 11 is 0. The maximum Gasteiger partial charge on any atom is 0.231 e. The van der Waals surface area contributed by atoms with Crippen LogP contribution in [0, 0.1) is 5.92 Å². The number of hydrogen-bond acceptors (Lipinski definition) is 7. The minimum absolute atomic E-state index is 0.161. The van der Waals surface area contributed by atoms with Crippen LogP contribution in [0.25, 0.3) is 11.2 Å². The first-order valence-corrected chi connectivity index (χ1v) is 9.51. The second-order valence-electron chi connectivity index (χ2n) is 7.57. The van der Waals surface area contributed by atoms with Crippen LogP contribution in [0.5, 0.6) is 5.75 Å². The average Bonchev–Trinajstić information content (AvgIpc) is 3.08. The van der Waals surface area contributed by atoms with Gasteiger partial charge in [0.2, 0.25) is 5.95 Å². The normalized spacial score (nSPS) is 11.5. The van der Waals surface area contributed by atoms with Crippen LogP contribution >= 0.6 is 0 Å². The Hall–Kier alpha value is -2.87. The summed E-state index contributed by atoms with van der Waals surface area (Å²) < 4.78 is 1.99. The zero-order valence-electron chi connectivity index (χ0n) is 16.8. The number of nitrogens with one attached hydrogen (secondary N) is 1. The molecule has 1 aromatic carbocycles. The van der Waals surface area contributed by atoms with Crippen molar-refractivity contribution in [3.8, 4) is 5.75 Å². The van der Waals surface area contributed by atoms with E-state index in [4.69, 9.17) is 0 Å². The highest BCUT2D eigenvalue weighted by Crippen LogP contribution is 2.25. The molecule has 0 aliphatic heterocycles. The van der Waals surface area contributed by atoms with Crippen molar-refractivity contribution < 1.29 is 10.2 Å². The van der Waals surface area contributed by atoms with Crippen molar-refractivity contribution in [3.63, 3.8) is 0 Å². The van der Waals surface area contributed by atoms with Crippen molar-refractivity contribution in [2.45, 2.75) is 40.3 Å². The summed E-state index contributed by atoms with van der Waals surface area (Å²) in [6, 6.07) is 7.27. The van der Waals surface area contributed by atoms with Crippen molar-refractivity contribution in [1.29, 1.82) is 0 Å². The van der Waals surface area contributed by atoms with Gasteiger partial charge in [0.15, 0.2) is 17.0 Å². The molecule has 0 aliphatic carbocycles. The second-order valence-corrected chi connectivity index (χ2v) is 7.57. The van der Waals surface area contributed by atoms with E-state index < -0.39 is 0 Å². The Morgan fingerprint density at radius 3 is 2.61 bits per heavy atom. The Bertz CT molecular complexity index is 938. The summed E-state index contributed by atoms with van der Waals surface area (Å²) in [6.45, 7) is 9.27. The molecule has 8 heteroatoms. The highest BCUT2D eigenvalue weighted by Gasteiger charge is 2.18. The van der Waals surface area contributed by atoms with Crippen LogP contribution in [-0.4, -0.2) is 43.0 Å². The second kappa shape index (κ2) is 8.43. The van der Waals surface area contributed by atoms with Gasteiger partial charge in [0.05, 0.1) is 6.33 Å². The maximum absolute atomic E-state index is 9.83. The molecule has 2 heterocycles. The number of aromatic hydroxyl groups is 1. The summed E-state index contributed by atoms with van der Waals surface area (Å²) in [5.41, 5.74) is 2.33. The van der Waals surface area contributed by atoms with Crippen LogP contribution in [0.3, 0.4) is 0 Å². The highest BCUT2D eigenvalue weighted by atomic mass is 16.3. The number of hydrogen-bond donors (Lipinski definition) is 3. The SMILES string of the molecule is CC(C)CN(CO)c1nc(NCc2cccc(O)c2)c2ncn(C(C)C)c2n1. The first-order chi connectivity index (χ1) is 13.4. The first-order valence-electron chi connectivity index (χ1n) is 9.51. The van der Waals surface area contributed by atoms with Gasteiger partial charge in [-0.3, -0.25) is 0 Å². The number of anilines is 2. The third kappa shape index (κ3) is 4.33. The average molecular weight is 384 g/mol. The van der Waals surface area contributed by atoms with Crippen molar-refractivity contribution in [3.05, 3.63) is 36.2 Å². The first kappa shape index (κ1) is 19.9. The van der Waals surface area contributed by atoms with Crippen molar-refractivity contribution >= 4 is 22.9 Å². The molecule has 0 spiro atoms. The van der Waals surface area contributed by atoms with E-state index in [0.29, 0.717) is 36.3 Å². The molecule has 0 fully saturated rings. The van der Waals surface area contributed by atoms with Crippen molar-refractivity contribution in [2.24, 2.45) is 5.92 Å². The molecule has 0 amide bonds. The minimum Gasteiger partial charge on any atom is -0.508 e. The zero-order valence-corrected chi connectivity index (χ0v) is 16.8. The van der Waals surface area contributed by atoms with Gasteiger partial charge in [-0.25, -0.2) is 4.98 Å². The Labute approximate surface area is 164 Å². The summed E-state index contributed by atoms with van der Waals surface area (Å²) in [5, 5.41) is 22.8. The number of rotatable bonds is 8. The molecular formula is C20H28N6O2. The van der Waals surface area contributed by atoms with Crippen LogP contribution in [0.2, 0.25) is 0 Å². The lowest BCUT2D eigenvalue weighted by Gasteiger charge is -2.23. The van der Waals surface area contributed by atoms with Crippen LogP contribution in [-0.2, 0) is 6.54 Å². The molecule has 0 bridgehead atoms. The van der Waals surface area contributed by atoms with E-state index in [1.165, 1.54) is 0 Å². The predicted octanol–water partition coefficient (Wildman–Crippen LogP) is 3.14. The molecule has 3 aromatic rings. The van der Waals surface area contributed by atoms with Gasteiger partial charge in [-0.2, -0.15) is 9.97 Å². The highest BCUT2D eigenvalue weighted by molar-refractivity contribution is 5.84. The van der Waals surface area contributed by atoms with Crippen LogP contribution in [0.1, 0.15) is 39.3 Å². The Morgan fingerprint density at radius 1 is 1.18 bits per heavy atom. The largest absolute Gasteiger partial charge is 0.508 e. The van der Waals surface area contributed by atoms with Gasteiger partial charge in [-0.05, 0) is 37.5 Å². The van der Waals surface area contributed by atoms with Gasteiger partial charge >= 0.3 is 0 Å². The molecule has 150 valence electrons. The van der Waals surface area contributed by atoms with E-state index in [1.54, 1.807) is 29.4 Å². The van der Waals surface area contributed by atoms with E-state index in [-0.39, 0.29) is 18.5 Å². The smallest absolute Gasteiger partial charge is 0.231 e. The number of aliphatic hydroxyl groups is 1. The van der Waals surface area contributed by atoms with Crippen LogP contribution < -0.4 is 10.2 Å². The lowest BCUT2D eigenvalue weighted by molar-refractivity contribution is 0.283. The van der Waals surface area contributed by atoms with Gasteiger partial charge in [0.25, 0.3) is 0 Å². The molecule has 0 atom stereocenters. The van der Waals surface area contributed by atoms with Crippen molar-refractivity contribution in [2.75, 3.05) is 23.5 Å². The quantitative estimate of drug-likeness (QED) is 0.513. The number of phenols is 1. The number of benzene rings is 1. The van der Waals surface area contributed by atoms with E-state index >= 15 is 0 Å². The molecule has 0 radical (unpaired) electrons. The summed E-state index contributed by atoms with van der Waals surface area (Å²) in [5.74, 6) is 1.64. The van der Waals surface area contributed by atoms with Gasteiger partial charge < -0.3 is 25.0 Å². The van der Waals surface area contributed by atoms with E-state index in [1.807, 2.05) is 10.6 Å². The van der Waals surface area contributed by atoms with E-state index in [2.05, 4.69) is 48.0 Å². The fourth-order valence-corrected chi connectivity index (χ4v) is 3.04. The van der Waals surface area contributed by atoms with Crippen LogP contribution in [0.15, 0.2) is 30.6 Å². The summed E-state index contributed by atoms with van der Waals surface area (Å²) in [7, 11) is 0. The molecule has 0 aliphatic rings. The molecule has 0 unspecified atom stereocenters. The molecule has 0 saturated heterocycles. The zero-order chi connectivity index (χ0) is 20.3. The predicted molar refractivity (Wildman–Crippen MR) is 110 cm³/mol. The molecule has 3 rings (SSSR count). The lowest BCUT2D eigenvalue weighted by Crippen LogP contribution is -2.30.